The molecule has 3 rings (SSSR count). The molecule has 1 N–H and O–H groups in total. The number of aromatic nitrogens is 2. The number of likely N-dealkylation sites (tertiary alicyclic amines) is 1. The molecular weight excluding hydrogens is 346 g/mol. The summed E-state index contributed by atoms with van der Waals surface area (Å²) in [7, 11) is 3.60. The predicted molar refractivity (Wildman–Crippen MR) is 101 cm³/mol. The van der Waals surface area contributed by atoms with E-state index in [-0.39, 0.29) is 18.0 Å². The third-order valence-electron chi connectivity index (χ3n) is 5.54. The normalized spacial score (nSPS) is 20.9. The Bertz CT molecular complexity index is 604. The Balaban J connectivity index is 1.66. The summed E-state index contributed by atoms with van der Waals surface area (Å²) in [5, 5.41) is 7.94. The molecule has 2 aliphatic heterocycles. The average molecular weight is 380 g/mol. The average Bonchev–Trinajstić information content (AvgIpc) is 3.17. The van der Waals surface area contributed by atoms with Crippen LogP contribution in [0.2, 0.25) is 0 Å². The van der Waals surface area contributed by atoms with Gasteiger partial charge in [0.05, 0.1) is 6.04 Å². The first-order chi connectivity index (χ1) is 13.0. The number of rotatable bonds is 5. The van der Waals surface area contributed by atoms with Crippen LogP contribution < -0.4 is 5.32 Å². The highest BCUT2D eigenvalue weighted by Gasteiger charge is 2.33. The number of piperidine rings is 1. The van der Waals surface area contributed by atoms with E-state index in [1.54, 1.807) is 19.0 Å². The molecule has 1 aromatic heterocycles. The van der Waals surface area contributed by atoms with Gasteiger partial charge in [-0.2, -0.15) is 4.98 Å². The zero-order chi connectivity index (χ0) is 19.4. The Kier molecular flexibility index (Phi) is 6.70. The van der Waals surface area contributed by atoms with Gasteiger partial charge in [0.2, 0.25) is 5.89 Å². The lowest BCUT2D eigenvalue weighted by Crippen LogP contribution is -2.49. The molecule has 0 aromatic carbocycles. The van der Waals surface area contributed by atoms with Gasteiger partial charge in [0.1, 0.15) is 0 Å². The summed E-state index contributed by atoms with van der Waals surface area (Å²) in [6.07, 6.45) is 3.86. The summed E-state index contributed by atoms with van der Waals surface area (Å²) in [5.41, 5.74) is 0. The van der Waals surface area contributed by atoms with Crippen LogP contribution in [0.4, 0.5) is 4.79 Å². The molecule has 2 saturated heterocycles. The molecule has 0 bridgehead atoms. The van der Waals surface area contributed by atoms with E-state index < -0.39 is 0 Å². The topological polar surface area (TPSA) is 83.7 Å². The van der Waals surface area contributed by atoms with E-state index in [2.05, 4.69) is 29.3 Å². The number of hydrogen-bond donors (Lipinski definition) is 1. The van der Waals surface area contributed by atoms with E-state index in [9.17, 15) is 4.79 Å². The lowest BCUT2D eigenvalue weighted by molar-refractivity contribution is 0.0447. The smallest absolute Gasteiger partial charge is 0.319 e. The van der Waals surface area contributed by atoms with Crippen LogP contribution in [0.25, 0.3) is 0 Å². The number of carbonyl (C=O) groups excluding carboxylic acids is 1. The van der Waals surface area contributed by atoms with Crippen molar-refractivity contribution in [1.82, 2.24) is 25.3 Å². The highest BCUT2D eigenvalue weighted by Crippen LogP contribution is 2.31. The van der Waals surface area contributed by atoms with E-state index in [0.717, 1.165) is 57.8 Å². The van der Waals surface area contributed by atoms with Gasteiger partial charge in [-0.3, -0.25) is 0 Å². The summed E-state index contributed by atoms with van der Waals surface area (Å²) in [5.74, 6) is 2.13. The van der Waals surface area contributed by atoms with Gasteiger partial charge < -0.3 is 24.4 Å². The fourth-order valence-electron chi connectivity index (χ4n) is 3.84. The van der Waals surface area contributed by atoms with Crippen LogP contribution in [-0.4, -0.2) is 72.4 Å². The first-order valence-corrected chi connectivity index (χ1v) is 10.1. The molecule has 0 saturated carbocycles. The van der Waals surface area contributed by atoms with E-state index in [1.165, 1.54) is 0 Å². The highest BCUT2D eigenvalue weighted by molar-refractivity contribution is 5.73. The molecule has 2 amide bonds. The van der Waals surface area contributed by atoms with Crippen molar-refractivity contribution >= 4 is 6.03 Å². The lowest BCUT2D eigenvalue weighted by Gasteiger charge is -2.37. The van der Waals surface area contributed by atoms with E-state index in [0.29, 0.717) is 17.9 Å². The Morgan fingerprint density at radius 1 is 1.19 bits per heavy atom. The highest BCUT2D eigenvalue weighted by atomic mass is 16.5. The number of amides is 2. The zero-order valence-electron chi connectivity index (χ0n) is 17.0. The summed E-state index contributed by atoms with van der Waals surface area (Å²) < 4.78 is 11.2. The van der Waals surface area contributed by atoms with Gasteiger partial charge in [-0.1, -0.05) is 19.0 Å². The third-order valence-corrected chi connectivity index (χ3v) is 5.54. The fourth-order valence-corrected chi connectivity index (χ4v) is 3.84. The van der Waals surface area contributed by atoms with E-state index in [1.807, 2.05) is 4.90 Å². The molecular formula is C19H33N5O3. The van der Waals surface area contributed by atoms with Crippen molar-refractivity contribution in [3.63, 3.8) is 0 Å². The molecule has 1 aromatic rings. The molecule has 8 heteroatoms. The maximum atomic E-state index is 12.1. The van der Waals surface area contributed by atoms with Crippen LogP contribution in [0, 0.1) is 5.92 Å². The van der Waals surface area contributed by atoms with Crippen molar-refractivity contribution < 1.29 is 14.1 Å². The van der Waals surface area contributed by atoms with Gasteiger partial charge in [-0.15, -0.1) is 0 Å². The molecule has 3 heterocycles. The molecule has 0 aliphatic carbocycles. The van der Waals surface area contributed by atoms with E-state index >= 15 is 0 Å². The Hall–Kier alpha value is -1.67. The number of ether oxygens (including phenoxy) is 1. The number of hydrogen-bond acceptors (Lipinski definition) is 6. The van der Waals surface area contributed by atoms with Crippen LogP contribution in [0.3, 0.4) is 0 Å². The largest absolute Gasteiger partial charge is 0.381 e. The van der Waals surface area contributed by atoms with Crippen LogP contribution in [0.1, 0.15) is 63.2 Å². The van der Waals surface area contributed by atoms with Crippen molar-refractivity contribution in [2.45, 2.75) is 57.5 Å². The Morgan fingerprint density at radius 2 is 1.85 bits per heavy atom. The van der Waals surface area contributed by atoms with Gasteiger partial charge in [0, 0.05) is 52.4 Å². The molecule has 0 radical (unpaired) electrons. The van der Waals surface area contributed by atoms with Crippen molar-refractivity contribution in [1.29, 1.82) is 0 Å². The van der Waals surface area contributed by atoms with Crippen LogP contribution in [0.15, 0.2) is 4.52 Å². The summed E-state index contributed by atoms with van der Waals surface area (Å²) >= 11 is 0. The molecule has 2 aliphatic rings. The number of nitrogens with zero attached hydrogens (tertiary/aromatic N) is 4. The van der Waals surface area contributed by atoms with Gasteiger partial charge in [0.15, 0.2) is 5.82 Å². The second-order valence-corrected chi connectivity index (χ2v) is 8.18. The van der Waals surface area contributed by atoms with Crippen molar-refractivity contribution in [2.24, 2.45) is 5.92 Å². The van der Waals surface area contributed by atoms with Crippen LogP contribution >= 0.6 is 0 Å². The first-order valence-electron chi connectivity index (χ1n) is 10.1. The van der Waals surface area contributed by atoms with Gasteiger partial charge in [-0.25, -0.2) is 4.79 Å². The third kappa shape index (κ3) is 4.99. The molecule has 2 fully saturated rings. The monoisotopic (exact) mass is 379 g/mol. The second-order valence-electron chi connectivity index (χ2n) is 8.18. The van der Waals surface area contributed by atoms with Crippen LogP contribution in [-0.2, 0) is 4.74 Å². The van der Waals surface area contributed by atoms with Gasteiger partial charge in [0.25, 0.3) is 0 Å². The summed E-state index contributed by atoms with van der Waals surface area (Å²) in [6.45, 7) is 7.26. The molecule has 1 atom stereocenters. The molecule has 27 heavy (non-hydrogen) atoms. The number of urea groups is 1. The Morgan fingerprint density at radius 3 is 2.41 bits per heavy atom. The minimum Gasteiger partial charge on any atom is -0.381 e. The molecule has 0 spiro atoms. The minimum absolute atomic E-state index is 0.0509. The lowest BCUT2D eigenvalue weighted by atomic mass is 9.90. The number of carbonyl (C=O) groups is 1. The molecule has 152 valence electrons. The maximum absolute atomic E-state index is 12.1. The van der Waals surface area contributed by atoms with Gasteiger partial charge in [-0.05, 0) is 31.6 Å². The van der Waals surface area contributed by atoms with Crippen LogP contribution in [0.5, 0.6) is 0 Å². The molecule has 8 nitrogen and oxygen atoms in total. The summed E-state index contributed by atoms with van der Waals surface area (Å²) in [4.78, 5) is 20.4. The second kappa shape index (κ2) is 9.01. The van der Waals surface area contributed by atoms with Gasteiger partial charge >= 0.3 is 6.03 Å². The van der Waals surface area contributed by atoms with Crippen molar-refractivity contribution in [3.8, 4) is 0 Å². The zero-order valence-corrected chi connectivity index (χ0v) is 17.0. The van der Waals surface area contributed by atoms with Crippen molar-refractivity contribution in [2.75, 3.05) is 40.4 Å². The minimum atomic E-state index is 0.0509. The predicted octanol–water partition coefficient (Wildman–Crippen LogP) is 2.40. The fraction of sp³-hybridized carbons (Fsp3) is 0.842. The van der Waals surface area contributed by atoms with Crippen molar-refractivity contribution in [3.05, 3.63) is 11.7 Å². The maximum Gasteiger partial charge on any atom is 0.319 e. The summed E-state index contributed by atoms with van der Waals surface area (Å²) in [6, 6.07) is 0.487. The Labute approximate surface area is 161 Å². The first kappa shape index (κ1) is 20.1. The SMILES string of the molecule is CC(C)c1noc(C(NC2CCN(C(=O)N(C)C)CC2)C2CCOCC2)n1. The van der Waals surface area contributed by atoms with E-state index in [4.69, 9.17) is 9.26 Å². The molecule has 1 unspecified atom stereocenters. The standard InChI is InChI=1S/C19H33N5O3/c1-13(2)17-21-18(27-22-17)16(14-7-11-26-12-8-14)20-15-5-9-24(10-6-15)19(25)23(3)4/h13-16,20H,5-12H2,1-4H3. The quantitative estimate of drug-likeness (QED) is 0.846. The number of nitrogens with one attached hydrogen (secondary N) is 1.